The Kier molecular flexibility index (Phi) is 3.06. The van der Waals surface area contributed by atoms with E-state index in [0.717, 1.165) is 11.0 Å². The molecule has 15 heavy (non-hydrogen) atoms. The molecule has 78 valence electrons. The fourth-order valence-corrected chi connectivity index (χ4v) is 1.73. The van der Waals surface area contributed by atoms with Crippen LogP contribution in [0.3, 0.4) is 0 Å². The van der Waals surface area contributed by atoms with Gasteiger partial charge in [0, 0.05) is 18.7 Å². The lowest BCUT2D eigenvalue weighted by Crippen LogP contribution is -2.40. The van der Waals surface area contributed by atoms with Crippen molar-refractivity contribution in [2.24, 2.45) is 0 Å². The lowest BCUT2D eigenvalue weighted by Gasteiger charge is -2.26. The molecule has 0 aromatic heterocycles. The van der Waals surface area contributed by atoms with Crippen LogP contribution in [0.4, 0.5) is 0 Å². The zero-order valence-electron chi connectivity index (χ0n) is 8.90. The zero-order valence-corrected chi connectivity index (χ0v) is 8.90. The minimum Gasteiger partial charge on any atom is -0.378 e. The molecule has 1 saturated heterocycles. The van der Waals surface area contributed by atoms with Gasteiger partial charge in [0.1, 0.15) is 7.85 Å². The number of benzene rings is 1. The van der Waals surface area contributed by atoms with Crippen LogP contribution in [-0.2, 0) is 4.74 Å². The van der Waals surface area contributed by atoms with Crippen LogP contribution in [0.1, 0.15) is 10.4 Å². The molecule has 2 rings (SSSR count). The number of hydrogen-bond donors (Lipinski definition) is 0. The highest BCUT2D eigenvalue weighted by molar-refractivity contribution is 6.32. The van der Waals surface area contributed by atoms with Crippen molar-refractivity contribution >= 4 is 19.2 Å². The van der Waals surface area contributed by atoms with Gasteiger partial charge in [0.25, 0.3) is 5.91 Å². The van der Waals surface area contributed by atoms with Gasteiger partial charge in [-0.05, 0) is 6.07 Å². The first-order valence-electron chi connectivity index (χ1n) is 5.21. The van der Waals surface area contributed by atoms with Crippen LogP contribution in [0.2, 0.25) is 0 Å². The lowest BCUT2D eigenvalue weighted by molar-refractivity contribution is 0.0303. The molecule has 3 nitrogen and oxygen atoms in total. The minimum atomic E-state index is 0.113. The van der Waals surface area contributed by atoms with Gasteiger partial charge < -0.3 is 9.64 Å². The number of nitrogens with zero attached hydrogens (tertiary/aromatic N) is 1. The SMILES string of the molecule is Bc1cccc(C(=O)N2CCOCC2)c1. The van der Waals surface area contributed by atoms with E-state index in [4.69, 9.17) is 4.74 Å². The smallest absolute Gasteiger partial charge is 0.253 e. The number of morpholine rings is 1. The summed E-state index contributed by atoms with van der Waals surface area (Å²) in [5.74, 6) is 0.113. The summed E-state index contributed by atoms with van der Waals surface area (Å²) in [6.45, 7) is 2.70. The second kappa shape index (κ2) is 4.49. The average Bonchev–Trinajstić information content (AvgIpc) is 2.29. The van der Waals surface area contributed by atoms with Gasteiger partial charge in [-0.15, -0.1) is 0 Å². The summed E-state index contributed by atoms with van der Waals surface area (Å²) < 4.78 is 5.22. The highest BCUT2D eigenvalue weighted by Gasteiger charge is 2.17. The maximum Gasteiger partial charge on any atom is 0.253 e. The van der Waals surface area contributed by atoms with E-state index in [2.05, 4.69) is 0 Å². The van der Waals surface area contributed by atoms with Crippen LogP contribution >= 0.6 is 0 Å². The van der Waals surface area contributed by atoms with E-state index in [1.807, 2.05) is 37.0 Å². The Labute approximate surface area is 90.4 Å². The zero-order chi connectivity index (χ0) is 10.7. The van der Waals surface area contributed by atoms with Crippen molar-refractivity contribution in [2.45, 2.75) is 0 Å². The molecule has 0 bridgehead atoms. The third-order valence-electron chi connectivity index (χ3n) is 2.56. The van der Waals surface area contributed by atoms with Crippen LogP contribution in [0.5, 0.6) is 0 Å². The summed E-state index contributed by atoms with van der Waals surface area (Å²) in [5, 5.41) is 0. The number of ether oxygens (including phenoxy) is 1. The van der Waals surface area contributed by atoms with E-state index in [0.29, 0.717) is 26.3 Å². The van der Waals surface area contributed by atoms with Crippen molar-refractivity contribution in [1.29, 1.82) is 0 Å². The van der Waals surface area contributed by atoms with Crippen molar-refractivity contribution in [3.63, 3.8) is 0 Å². The first-order chi connectivity index (χ1) is 7.27. The second-order valence-electron chi connectivity index (χ2n) is 3.77. The predicted octanol–water partition coefficient (Wildman–Crippen LogP) is -0.583. The van der Waals surface area contributed by atoms with Crippen LogP contribution in [0.15, 0.2) is 24.3 Å². The van der Waals surface area contributed by atoms with E-state index >= 15 is 0 Å². The van der Waals surface area contributed by atoms with Crippen LogP contribution in [-0.4, -0.2) is 45.0 Å². The van der Waals surface area contributed by atoms with Crippen molar-refractivity contribution in [3.8, 4) is 0 Å². The van der Waals surface area contributed by atoms with Gasteiger partial charge in [0.05, 0.1) is 13.2 Å². The number of amides is 1. The third kappa shape index (κ3) is 2.39. The summed E-state index contributed by atoms with van der Waals surface area (Å²) in [6.07, 6.45) is 0. The third-order valence-corrected chi connectivity index (χ3v) is 2.56. The maximum absolute atomic E-state index is 12.0. The molecule has 1 amide bonds. The van der Waals surface area contributed by atoms with E-state index in [1.165, 1.54) is 0 Å². The number of carbonyl (C=O) groups excluding carboxylic acids is 1. The largest absolute Gasteiger partial charge is 0.378 e. The van der Waals surface area contributed by atoms with Crippen molar-refractivity contribution < 1.29 is 9.53 Å². The Morgan fingerprint density at radius 1 is 1.33 bits per heavy atom. The number of hydrogen-bond acceptors (Lipinski definition) is 2. The molecule has 0 spiro atoms. The van der Waals surface area contributed by atoms with Gasteiger partial charge in [0.2, 0.25) is 0 Å². The standard InChI is InChI=1S/C11H14BNO2/c12-10-3-1-2-9(8-10)11(14)13-4-6-15-7-5-13/h1-3,8H,4-7,12H2. The minimum absolute atomic E-state index is 0.113. The summed E-state index contributed by atoms with van der Waals surface area (Å²) in [6, 6.07) is 7.71. The van der Waals surface area contributed by atoms with E-state index in [1.54, 1.807) is 0 Å². The fraction of sp³-hybridized carbons (Fsp3) is 0.364. The Bertz CT molecular complexity index is 361. The fourth-order valence-electron chi connectivity index (χ4n) is 1.73. The van der Waals surface area contributed by atoms with Crippen molar-refractivity contribution in [2.75, 3.05) is 26.3 Å². The molecule has 1 aromatic rings. The molecular formula is C11H14BNO2. The van der Waals surface area contributed by atoms with E-state index < -0.39 is 0 Å². The van der Waals surface area contributed by atoms with Gasteiger partial charge in [0.15, 0.2) is 0 Å². The second-order valence-corrected chi connectivity index (χ2v) is 3.77. The van der Waals surface area contributed by atoms with Gasteiger partial charge in [-0.3, -0.25) is 4.79 Å². The first-order valence-corrected chi connectivity index (χ1v) is 5.21. The van der Waals surface area contributed by atoms with Crippen LogP contribution in [0.25, 0.3) is 0 Å². The van der Waals surface area contributed by atoms with Crippen LogP contribution < -0.4 is 5.46 Å². The topological polar surface area (TPSA) is 29.5 Å². The van der Waals surface area contributed by atoms with Gasteiger partial charge in [-0.25, -0.2) is 0 Å². The summed E-state index contributed by atoms with van der Waals surface area (Å²) in [7, 11) is 2.00. The van der Waals surface area contributed by atoms with Crippen molar-refractivity contribution in [3.05, 3.63) is 29.8 Å². The molecule has 1 heterocycles. The Hall–Kier alpha value is -1.29. The van der Waals surface area contributed by atoms with Crippen molar-refractivity contribution in [1.82, 2.24) is 4.90 Å². The van der Waals surface area contributed by atoms with Gasteiger partial charge in [-0.2, -0.15) is 0 Å². The van der Waals surface area contributed by atoms with E-state index in [-0.39, 0.29) is 5.91 Å². The predicted molar refractivity (Wildman–Crippen MR) is 61.3 cm³/mol. The quantitative estimate of drug-likeness (QED) is 0.571. The average molecular weight is 203 g/mol. The lowest BCUT2D eigenvalue weighted by atomic mass is 9.94. The Morgan fingerprint density at radius 3 is 2.73 bits per heavy atom. The number of carbonyl (C=O) groups is 1. The molecule has 0 N–H and O–H groups in total. The van der Waals surface area contributed by atoms with Gasteiger partial charge in [-0.1, -0.05) is 23.7 Å². The molecule has 1 aliphatic heterocycles. The maximum atomic E-state index is 12.0. The first kappa shape index (κ1) is 10.2. The molecule has 1 fully saturated rings. The Morgan fingerprint density at radius 2 is 2.07 bits per heavy atom. The number of rotatable bonds is 1. The molecule has 0 unspecified atom stereocenters. The highest BCUT2D eigenvalue weighted by atomic mass is 16.5. The van der Waals surface area contributed by atoms with Crippen LogP contribution in [0, 0.1) is 0 Å². The monoisotopic (exact) mass is 203 g/mol. The Balaban J connectivity index is 2.12. The molecule has 1 aromatic carbocycles. The summed E-state index contributed by atoms with van der Waals surface area (Å²) in [5.41, 5.74) is 1.89. The molecule has 0 radical (unpaired) electrons. The summed E-state index contributed by atoms with van der Waals surface area (Å²) in [4.78, 5) is 13.9. The molecule has 1 aliphatic rings. The molecule has 0 aliphatic carbocycles. The highest BCUT2D eigenvalue weighted by Crippen LogP contribution is 2.05. The molecular weight excluding hydrogens is 189 g/mol. The summed E-state index contributed by atoms with van der Waals surface area (Å²) >= 11 is 0. The normalized spacial score (nSPS) is 16.4. The molecule has 0 saturated carbocycles. The molecule has 0 atom stereocenters. The molecule has 4 heteroatoms. The van der Waals surface area contributed by atoms with E-state index in [9.17, 15) is 4.79 Å². The van der Waals surface area contributed by atoms with Gasteiger partial charge >= 0.3 is 0 Å².